The molecule has 0 N–H and O–H groups in total. The van der Waals surface area contributed by atoms with Crippen molar-refractivity contribution in [2.24, 2.45) is 0 Å². The van der Waals surface area contributed by atoms with Gasteiger partial charge in [-0.25, -0.2) is 14.5 Å². The molecule has 2 heterocycles. The lowest BCUT2D eigenvalue weighted by molar-refractivity contribution is 0.999. The normalized spacial score (nSPS) is 11.3. The molecule has 2 aromatic heterocycles. The van der Waals surface area contributed by atoms with Crippen LogP contribution >= 0.6 is 11.6 Å². The van der Waals surface area contributed by atoms with Crippen LogP contribution in [0.4, 0.5) is 0 Å². The van der Waals surface area contributed by atoms with Gasteiger partial charge in [-0.15, -0.1) is 5.10 Å². The van der Waals surface area contributed by atoms with Crippen molar-refractivity contribution in [3.05, 3.63) is 59.2 Å². The number of hydrogen-bond acceptors (Lipinski definition) is 3. The molecule has 0 radical (unpaired) electrons. The first-order valence-corrected chi connectivity index (χ1v) is 6.98. The molecular weight excluding hydrogens is 284 g/mol. The Morgan fingerprint density at radius 1 is 1.00 bits per heavy atom. The minimum Gasteiger partial charge on any atom is -0.231 e. The maximum Gasteiger partial charge on any atom is 0.194 e. The van der Waals surface area contributed by atoms with Gasteiger partial charge in [0.15, 0.2) is 16.6 Å². The summed E-state index contributed by atoms with van der Waals surface area (Å²) in [7, 11) is 0. The minimum absolute atomic E-state index is 0.362. The van der Waals surface area contributed by atoms with Crippen LogP contribution in [-0.2, 0) is 0 Å². The van der Waals surface area contributed by atoms with E-state index in [0.29, 0.717) is 16.6 Å². The molecule has 4 nitrogen and oxygen atoms in total. The highest BCUT2D eigenvalue weighted by Gasteiger charge is 2.13. The molecule has 0 spiro atoms. The fraction of sp³-hybridized carbons (Fsp3) is 0.0625. The van der Waals surface area contributed by atoms with Crippen molar-refractivity contribution in [2.45, 2.75) is 6.92 Å². The summed E-state index contributed by atoms with van der Waals surface area (Å²) >= 11 is 6.24. The lowest BCUT2D eigenvalue weighted by Gasteiger charge is -2.02. The van der Waals surface area contributed by atoms with Gasteiger partial charge in [-0.2, -0.15) is 0 Å². The third-order valence-corrected chi connectivity index (χ3v) is 3.65. The van der Waals surface area contributed by atoms with E-state index < -0.39 is 0 Å². The predicted octanol–water partition coefficient (Wildman–Crippen LogP) is 3.91. The second-order valence-corrected chi connectivity index (χ2v) is 5.29. The summed E-state index contributed by atoms with van der Waals surface area (Å²) in [5.41, 5.74) is 4.39. The molecule has 0 saturated carbocycles. The summed E-state index contributed by atoms with van der Waals surface area (Å²) in [4.78, 5) is 8.91. The molecule has 0 fully saturated rings. The predicted molar refractivity (Wildman–Crippen MR) is 83.5 cm³/mol. The molecule has 0 saturated heterocycles. The Bertz CT molecular complexity index is 960. The number of aromatic nitrogens is 4. The van der Waals surface area contributed by atoms with Crippen LogP contribution in [0, 0.1) is 6.92 Å². The molecule has 0 aliphatic carbocycles. The van der Waals surface area contributed by atoms with E-state index in [9.17, 15) is 0 Å². The minimum atomic E-state index is 0.362. The number of benzene rings is 2. The second-order valence-electron chi connectivity index (χ2n) is 4.93. The molecule has 2 aromatic carbocycles. The summed E-state index contributed by atoms with van der Waals surface area (Å²) in [6.45, 7) is 2.04. The maximum absolute atomic E-state index is 6.24. The average Bonchev–Trinajstić information content (AvgIpc) is 2.95. The average molecular weight is 295 g/mol. The topological polar surface area (TPSA) is 43.1 Å². The fourth-order valence-corrected chi connectivity index (χ4v) is 2.59. The second kappa shape index (κ2) is 4.53. The summed E-state index contributed by atoms with van der Waals surface area (Å²) < 4.78 is 1.76. The molecule has 0 amide bonds. The Balaban J connectivity index is 2.08. The van der Waals surface area contributed by atoms with Gasteiger partial charge < -0.3 is 0 Å². The van der Waals surface area contributed by atoms with Crippen LogP contribution in [0.2, 0.25) is 5.15 Å². The number of fused-ring (bicyclic) bond motifs is 3. The molecule has 21 heavy (non-hydrogen) atoms. The zero-order chi connectivity index (χ0) is 14.4. The third-order valence-electron chi connectivity index (χ3n) is 3.40. The van der Waals surface area contributed by atoms with E-state index in [-0.39, 0.29) is 0 Å². The quantitative estimate of drug-likeness (QED) is 0.534. The SMILES string of the molecule is Cc1ccc2nc(Cl)c3nc(-c4ccccc4)nn3c2c1. The van der Waals surface area contributed by atoms with Crippen molar-refractivity contribution in [3.63, 3.8) is 0 Å². The summed E-state index contributed by atoms with van der Waals surface area (Å²) in [6, 6.07) is 15.8. The van der Waals surface area contributed by atoms with E-state index in [2.05, 4.69) is 15.1 Å². The highest BCUT2D eigenvalue weighted by molar-refractivity contribution is 6.32. The highest BCUT2D eigenvalue weighted by atomic mass is 35.5. The molecule has 0 bridgehead atoms. The lowest BCUT2D eigenvalue weighted by Crippen LogP contribution is -1.95. The monoisotopic (exact) mass is 294 g/mol. The first-order chi connectivity index (χ1) is 10.2. The van der Waals surface area contributed by atoms with E-state index in [4.69, 9.17) is 11.6 Å². The summed E-state index contributed by atoms with van der Waals surface area (Å²) in [5, 5.41) is 4.96. The summed E-state index contributed by atoms with van der Waals surface area (Å²) in [5.74, 6) is 0.647. The largest absolute Gasteiger partial charge is 0.231 e. The van der Waals surface area contributed by atoms with E-state index in [1.165, 1.54) is 0 Å². The molecule has 0 aliphatic heterocycles. The maximum atomic E-state index is 6.24. The van der Waals surface area contributed by atoms with Crippen molar-refractivity contribution in [1.29, 1.82) is 0 Å². The Hall–Kier alpha value is -2.46. The Kier molecular flexibility index (Phi) is 2.65. The smallest absolute Gasteiger partial charge is 0.194 e. The lowest BCUT2D eigenvalue weighted by atomic mass is 10.2. The molecule has 5 heteroatoms. The third kappa shape index (κ3) is 1.96. The molecule has 0 aliphatic rings. The number of nitrogens with zero attached hydrogens (tertiary/aromatic N) is 4. The summed E-state index contributed by atoms with van der Waals surface area (Å²) in [6.07, 6.45) is 0. The van der Waals surface area contributed by atoms with Gasteiger partial charge in [0.2, 0.25) is 0 Å². The van der Waals surface area contributed by atoms with Crippen LogP contribution in [0.15, 0.2) is 48.5 Å². The number of halogens is 1. The van der Waals surface area contributed by atoms with Crippen LogP contribution in [0.25, 0.3) is 28.1 Å². The van der Waals surface area contributed by atoms with Gasteiger partial charge in [-0.05, 0) is 24.6 Å². The number of aryl methyl sites for hydroxylation is 1. The van der Waals surface area contributed by atoms with Crippen molar-refractivity contribution in [1.82, 2.24) is 19.6 Å². The van der Waals surface area contributed by atoms with Crippen molar-refractivity contribution in [3.8, 4) is 11.4 Å². The fourth-order valence-electron chi connectivity index (χ4n) is 2.38. The van der Waals surface area contributed by atoms with Crippen molar-refractivity contribution < 1.29 is 0 Å². The molecule has 0 atom stereocenters. The first kappa shape index (κ1) is 12.3. The van der Waals surface area contributed by atoms with Gasteiger partial charge in [-0.3, -0.25) is 0 Å². The van der Waals surface area contributed by atoms with E-state index in [0.717, 1.165) is 22.2 Å². The van der Waals surface area contributed by atoms with E-state index in [1.54, 1.807) is 4.52 Å². The zero-order valence-electron chi connectivity index (χ0n) is 11.3. The van der Waals surface area contributed by atoms with Crippen LogP contribution in [0.5, 0.6) is 0 Å². The molecule has 0 unspecified atom stereocenters. The van der Waals surface area contributed by atoms with Gasteiger partial charge in [0.1, 0.15) is 0 Å². The Morgan fingerprint density at radius 3 is 2.62 bits per heavy atom. The van der Waals surface area contributed by atoms with Gasteiger partial charge in [0, 0.05) is 5.56 Å². The van der Waals surface area contributed by atoms with Gasteiger partial charge in [0.05, 0.1) is 11.0 Å². The van der Waals surface area contributed by atoms with Crippen LogP contribution < -0.4 is 0 Å². The van der Waals surface area contributed by atoms with Gasteiger partial charge in [-0.1, -0.05) is 48.0 Å². The highest BCUT2D eigenvalue weighted by Crippen LogP contribution is 2.24. The van der Waals surface area contributed by atoms with E-state index >= 15 is 0 Å². The Labute approximate surface area is 126 Å². The van der Waals surface area contributed by atoms with Crippen LogP contribution in [0.3, 0.4) is 0 Å². The van der Waals surface area contributed by atoms with E-state index in [1.807, 2.05) is 55.5 Å². The van der Waals surface area contributed by atoms with Crippen LogP contribution in [0.1, 0.15) is 5.56 Å². The van der Waals surface area contributed by atoms with Gasteiger partial charge >= 0.3 is 0 Å². The number of hydrogen-bond donors (Lipinski definition) is 0. The Morgan fingerprint density at radius 2 is 1.81 bits per heavy atom. The zero-order valence-corrected chi connectivity index (χ0v) is 12.0. The van der Waals surface area contributed by atoms with Crippen molar-refractivity contribution >= 4 is 28.3 Å². The molecule has 4 rings (SSSR count). The first-order valence-electron chi connectivity index (χ1n) is 6.60. The van der Waals surface area contributed by atoms with Crippen LogP contribution in [-0.4, -0.2) is 19.6 Å². The van der Waals surface area contributed by atoms with Gasteiger partial charge in [0.25, 0.3) is 0 Å². The van der Waals surface area contributed by atoms with Crippen molar-refractivity contribution in [2.75, 3.05) is 0 Å². The number of rotatable bonds is 1. The molecular formula is C16H11ClN4. The molecule has 4 aromatic rings. The standard InChI is InChI=1S/C16H11ClN4/c1-10-7-8-12-13(9-10)21-16(14(17)18-12)19-15(20-21)11-5-3-2-4-6-11/h2-9H,1H3. The molecule has 102 valence electrons.